The molecular weight excluding hydrogens is 424 g/mol. The number of oxazole rings is 1. The minimum absolute atomic E-state index is 0.0843. The molecule has 0 radical (unpaired) electrons. The summed E-state index contributed by atoms with van der Waals surface area (Å²) in [5, 5.41) is 0. The molecule has 4 aromatic rings. The zero-order valence-electron chi connectivity index (χ0n) is 17.0. The van der Waals surface area contributed by atoms with E-state index in [1.54, 1.807) is 16.7 Å². The van der Waals surface area contributed by atoms with Crippen LogP contribution in [-0.2, 0) is 11.3 Å². The number of aryl methyl sites for hydroxylation is 1. The number of hydrogen-bond donors (Lipinski definition) is 2. The number of ether oxygens (including phenoxy) is 2. The molecule has 2 aromatic carbocycles. The first-order chi connectivity index (χ1) is 15.3. The second-order valence-electron chi connectivity index (χ2n) is 7.54. The number of halogens is 2. The maximum absolute atomic E-state index is 15.3. The molecule has 0 saturated heterocycles. The van der Waals surface area contributed by atoms with Crippen LogP contribution >= 0.6 is 0 Å². The highest BCUT2D eigenvalue weighted by atomic mass is 19.1. The predicted octanol–water partition coefficient (Wildman–Crippen LogP) is 3.13. The van der Waals surface area contributed by atoms with E-state index >= 15 is 4.39 Å². The van der Waals surface area contributed by atoms with Crippen LogP contribution in [0.2, 0.25) is 0 Å². The lowest BCUT2D eigenvalue weighted by Gasteiger charge is -2.18. The lowest BCUT2D eigenvalue weighted by molar-refractivity contribution is -0.123. The first-order valence-electron chi connectivity index (χ1n) is 10.0. The third kappa shape index (κ3) is 3.17. The van der Waals surface area contributed by atoms with Crippen LogP contribution in [0.1, 0.15) is 19.8 Å². The van der Waals surface area contributed by atoms with Crippen molar-refractivity contribution in [1.29, 1.82) is 0 Å². The van der Waals surface area contributed by atoms with E-state index in [1.807, 2.05) is 0 Å². The summed E-state index contributed by atoms with van der Waals surface area (Å²) in [5.74, 6) is -1.24. The highest BCUT2D eigenvalue weighted by Gasteiger charge is 2.26. The average molecular weight is 443 g/mol. The van der Waals surface area contributed by atoms with Gasteiger partial charge in [-0.15, -0.1) is 0 Å². The summed E-state index contributed by atoms with van der Waals surface area (Å²) in [7, 11) is 0. The molecule has 1 amide bonds. The summed E-state index contributed by atoms with van der Waals surface area (Å²) in [6.45, 7) is 2.51. The van der Waals surface area contributed by atoms with Gasteiger partial charge in [0.15, 0.2) is 28.8 Å². The number of primary amides is 1. The molecule has 11 heteroatoms. The topological polar surface area (TPSA) is 131 Å². The van der Waals surface area contributed by atoms with E-state index in [9.17, 15) is 9.18 Å². The van der Waals surface area contributed by atoms with Gasteiger partial charge in [0.05, 0.1) is 17.7 Å². The summed E-state index contributed by atoms with van der Waals surface area (Å²) >= 11 is 0. The number of carbonyl (C=O) groups is 1. The van der Waals surface area contributed by atoms with Crippen LogP contribution in [-0.4, -0.2) is 33.2 Å². The van der Waals surface area contributed by atoms with Crippen molar-refractivity contribution >= 4 is 34.1 Å². The summed E-state index contributed by atoms with van der Waals surface area (Å²) in [4.78, 5) is 19.7. The number of hydrogen-bond acceptors (Lipinski definition) is 7. The number of nitrogens with two attached hydrogens (primary N) is 2. The summed E-state index contributed by atoms with van der Waals surface area (Å²) in [6, 6.07) is 3.91. The standard InChI is InChI=1S/C21H19F2N5O4/c1-9(19(24)29)31-10-6-13-17-14(7-10)30-5-3-2-4-28(17)20(26-13)11-8-12(22)18-16(15(11)23)27-21(25)32-18/h6-9H,2-5H2,1H3,(H2,24,29)(H2,25,27). The number of nitrogen functional groups attached to an aromatic ring is 1. The van der Waals surface area contributed by atoms with E-state index in [-0.39, 0.29) is 28.5 Å². The second kappa shape index (κ2) is 7.36. The SMILES string of the molecule is CC(Oc1cc2c3c(c1)nc(-c1cc(F)c4oc(N)nc4c1F)n3CCCCO2)C(N)=O. The van der Waals surface area contributed by atoms with Gasteiger partial charge in [-0.3, -0.25) is 4.79 Å². The first-order valence-corrected chi connectivity index (χ1v) is 10.0. The van der Waals surface area contributed by atoms with Crippen molar-refractivity contribution < 1.29 is 27.5 Å². The second-order valence-corrected chi connectivity index (χ2v) is 7.54. The van der Waals surface area contributed by atoms with Crippen molar-refractivity contribution in [3.8, 4) is 22.9 Å². The molecule has 0 bridgehead atoms. The number of aromatic nitrogens is 3. The van der Waals surface area contributed by atoms with Crippen molar-refractivity contribution in [1.82, 2.24) is 14.5 Å². The zero-order chi connectivity index (χ0) is 22.6. The van der Waals surface area contributed by atoms with E-state index in [4.69, 9.17) is 25.4 Å². The van der Waals surface area contributed by atoms with Crippen molar-refractivity contribution in [3.05, 3.63) is 29.8 Å². The van der Waals surface area contributed by atoms with Gasteiger partial charge < -0.3 is 29.9 Å². The minimum atomic E-state index is -0.874. The molecule has 0 saturated carbocycles. The van der Waals surface area contributed by atoms with E-state index in [2.05, 4.69) is 9.97 Å². The molecule has 1 aliphatic heterocycles. The van der Waals surface area contributed by atoms with Gasteiger partial charge in [0.2, 0.25) is 0 Å². The summed E-state index contributed by atoms with van der Waals surface area (Å²) < 4.78 is 48.2. The number of imidazole rings is 1. The normalized spacial score (nSPS) is 14.7. The number of rotatable bonds is 4. The van der Waals surface area contributed by atoms with Crippen LogP contribution in [0.3, 0.4) is 0 Å². The molecule has 0 aliphatic carbocycles. The van der Waals surface area contributed by atoms with E-state index in [0.717, 1.165) is 18.9 Å². The van der Waals surface area contributed by atoms with Crippen LogP contribution in [0.5, 0.6) is 11.5 Å². The molecule has 1 unspecified atom stereocenters. The maximum atomic E-state index is 15.3. The quantitative estimate of drug-likeness (QED) is 0.495. The molecular formula is C21H19F2N5O4. The maximum Gasteiger partial charge on any atom is 0.293 e. The van der Waals surface area contributed by atoms with Gasteiger partial charge in [-0.1, -0.05) is 0 Å². The number of carbonyl (C=O) groups excluding carboxylic acids is 1. The monoisotopic (exact) mass is 443 g/mol. The first kappa shape index (κ1) is 20.0. The van der Waals surface area contributed by atoms with E-state index in [0.29, 0.717) is 35.7 Å². The minimum Gasteiger partial charge on any atom is -0.491 e. The van der Waals surface area contributed by atoms with Crippen molar-refractivity contribution in [3.63, 3.8) is 0 Å². The molecule has 4 N–H and O–H groups in total. The Hall–Kier alpha value is -3.89. The fourth-order valence-electron chi connectivity index (χ4n) is 3.82. The van der Waals surface area contributed by atoms with Gasteiger partial charge in [0, 0.05) is 18.7 Å². The summed E-state index contributed by atoms with van der Waals surface area (Å²) in [6.07, 6.45) is 0.621. The smallest absolute Gasteiger partial charge is 0.293 e. The predicted molar refractivity (Wildman–Crippen MR) is 111 cm³/mol. The molecule has 0 fully saturated rings. The Balaban J connectivity index is 1.74. The Morgan fingerprint density at radius 3 is 2.84 bits per heavy atom. The lowest BCUT2D eigenvalue weighted by atomic mass is 10.1. The molecule has 1 atom stereocenters. The zero-order valence-corrected chi connectivity index (χ0v) is 17.0. The van der Waals surface area contributed by atoms with Crippen LogP contribution < -0.4 is 20.9 Å². The molecule has 1 aliphatic rings. The molecule has 9 nitrogen and oxygen atoms in total. The van der Waals surface area contributed by atoms with E-state index in [1.165, 1.54) is 6.92 Å². The molecule has 0 spiro atoms. The highest BCUT2D eigenvalue weighted by Crippen LogP contribution is 2.39. The number of anilines is 1. The largest absolute Gasteiger partial charge is 0.491 e. The third-order valence-electron chi connectivity index (χ3n) is 5.34. The molecule has 3 heterocycles. The Kier molecular flexibility index (Phi) is 4.61. The number of nitrogens with zero attached hydrogens (tertiary/aromatic N) is 3. The van der Waals surface area contributed by atoms with Gasteiger partial charge in [-0.25, -0.2) is 13.8 Å². The highest BCUT2D eigenvalue weighted by molar-refractivity contribution is 5.90. The van der Waals surface area contributed by atoms with Crippen LogP contribution in [0, 0.1) is 11.6 Å². The lowest BCUT2D eigenvalue weighted by Crippen LogP contribution is -2.30. The van der Waals surface area contributed by atoms with Gasteiger partial charge in [0.25, 0.3) is 11.9 Å². The van der Waals surface area contributed by atoms with Crippen LogP contribution in [0.4, 0.5) is 14.8 Å². The van der Waals surface area contributed by atoms with E-state index < -0.39 is 23.6 Å². The van der Waals surface area contributed by atoms with Gasteiger partial charge in [-0.2, -0.15) is 4.98 Å². The summed E-state index contributed by atoms with van der Waals surface area (Å²) in [5.41, 5.74) is 11.1. The number of amides is 1. The van der Waals surface area contributed by atoms with Crippen molar-refractivity contribution in [2.24, 2.45) is 5.73 Å². The number of benzene rings is 2. The Bertz CT molecular complexity index is 1380. The Morgan fingerprint density at radius 1 is 1.25 bits per heavy atom. The van der Waals surface area contributed by atoms with Gasteiger partial charge in [0.1, 0.15) is 22.8 Å². The average Bonchev–Trinajstić information content (AvgIpc) is 3.29. The van der Waals surface area contributed by atoms with Crippen molar-refractivity contribution in [2.45, 2.75) is 32.4 Å². The fourth-order valence-corrected chi connectivity index (χ4v) is 3.82. The third-order valence-corrected chi connectivity index (χ3v) is 5.34. The fraction of sp³-hybridized carbons (Fsp3) is 0.286. The molecule has 32 heavy (non-hydrogen) atoms. The van der Waals surface area contributed by atoms with Crippen LogP contribution in [0.25, 0.3) is 33.5 Å². The van der Waals surface area contributed by atoms with Gasteiger partial charge >= 0.3 is 0 Å². The number of fused-ring (bicyclic) bond motifs is 1. The molecule has 2 aromatic heterocycles. The Morgan fingerprint density at radius 2 is 2.06 bits per heavy atom. The molecule has 166 valence electrons. The van der Waals surface area contributed by atoms with Crippen LogP contribution in [0.15, 0.2) is 22.6 Å². The molecule has 5 rings (SSSR count). The van der Waals surface area contributed by atoms with Crippen molar-refractivity contribution in [2.75, 3.05) is 12.3 Å². The van der Waals surface area contributed by atoms with Gasteiger partial charge in [-0.05, 0) is 25.8 Å². The Labute approximate surface area is 179 Å².